The average Bonchev–Trinajstić information content (AvgIpc) is 3.09. The summed E-state index contributed by atoms with van der Waals surface area (Å²) >= 11 is 0. The van der Waals surface area contributed by atoms with E-state index in [1.807, 2.05) is 0 Å². The first-order valence-corrected chi connectivity index (χ1v) is 14.3. The average molecular weight is 916 g/mol. The van der Waals surface area contributed by atoms with Crippen molar-refractivity contribution in [3.05, 3.63) is 162 Å². The monoisotopic (exact) mass is 916 g/mol. The summed E-state index contributed by atoms with van der Waals surface area (Å²) in [4.78, 5) is 11.7. The minimum Gasteiger partial charge on any atom is -0.256 e. The van der Waals surface area contributed by atoms with Gasteiger partial charge in [-0.3, -0.25) is 15.0 Å². The van der Waals surface area contributed by atoms with E-state index in [4.69, 9.17) is 0 Å². The van der Waals surface area contributed by atoms with Crippen LogP contribution in [0.2, 0.25) is 0 Å². The Bertz CT molecular complexity index is 1800. The van der Waals surface area contributed by atoms with Crippen molar-refractivity contribution in [3.8, 4) is 33.8 Å². The van der Waals surface area contributed by atoms with Crippen molar-refractivity contribution >= 4 is 0 Å². The Morgan fingerprint density at radius 3 is 0.788 bits per heavy atom. The van der Waals surface area contributed by atoms with Crippen LogP contribution in [0.5, 0.6) is 0 Å². The van der Waals surface area contributed by atoms with Gasteiger partial charge in [-0.05, 0) is 91.0 Å². The molecule has 0 unspecified atom stereocenters. The van der Waals surface area contributed by atoms with Crippen LogP contribution in [0.25, 0.3) is 33.8 Å². The summed E-state index contributed by atoms with van der Waals surface area (Å²) in [6, 6.07) is 23.1. The zero-order chi connectivity index (χ0) is 37.4. The maximum Gasteiger partial charge on any atom is 0.419 e. The van der Waals surface area contributed by atoms with Crippen molar-refractivity contribution in [1.29, 1.82) is 0 Å². The summed E-state index contributed by atoms with van der Waals surface area (Å²) in [5.74, 6) is -3.84. The van der Waals surface area contributed by atoms with Crippen molar-refractivity contribution in [2.45, 2.75) is 18.5 Å². The van der Waals surface area contributed by atoms with Gasteiger partial charge in [0.25, 0.3) is 0 Å². The van der Waals surface area contributed by atoms with Gasteiger partial charge in [-0.1, -0.05) is 18.2 Å². The summed E-state index contributed by atoms with van der Waals surface area (Å²) in [6.45, 7) is 0. The molecule has 0 saturated heterocycles. The van der Waals surface area contributed by atoms with Crippen molar-refractivity contribution in [2.24, 2.45) is 0 Å². The molecule has 3 heterocycles. The molecule has 0 amide bonds. The first kappa shape index (κ1) is 41.3. The Balaban J connectivity index is 0.000000208. The smallest absolute Gasteiger partial charge is 0.256 e. The van der Waals surface area contributed by atoms with Crippen molar-refractivity contribution in [2.75, 3.05) is 0 Å². The summed E-state index contributed by atoms with van der Waals surface area (Å²) in [5.41, 5.74) is -2.01. The van der Waals surface area contributed by atoms with Crippen molar-refractivity contribution < 1.29 is 72.8 Å². The molecule has 273 valence electrons. The van der Waals surface area contributed by atoms with Gasteiger partial charge >= 0.3 is 18.5 Å². The number of halogens is 12. The second-order valence-electron chi connectivity index (χ2n) is 10.2. The van der Waals surface area contributed by atoms with Crippen LogP contribution >= 0.6 is 0 Å². The fourth-order valence-electron chi connectivity index (χ4n) is 4.31. The number of benzene rings is 3. The van der Waals surface area contributed by atoms with Gasteiger partial charge < -0.3 is 0 Å². The Kier molecular flexibility index (Phi) is 13.9. The molecule has 0 spiro atoms. The van der Waals surface area contributed by atoms with E-state index in [-0.39, 0.29) is 36.8 Å². The first-order valence-electron chi connectivity index (χ1n) is 14.3. The molecule has 0 aliphatic carbocycles. The Morgan fingerprint density at radius 1 is 0.346 bits per heavy atom. The molecule has 0 fully saturated rings. The molecule has 0 atom stereocenters. The number of hydrogen-bond acceptors (Lipinski definition) is 3. The third-order valence-corrected chi connectivity index (χ3v) is 6.70. The number of pyridine rings is 3. The summed E-state index contributed by atoms with van der Waals surface area (Å²) in [6.07, 6.45) is -9.71. The second-order valence-corrected chi connectivity index (χ2v) is 10.2. The van der Waals surface area contributed by atoms with Crippen LogP contribution in [0.15, 0.2) is 128 Å². The second kappa shape index (κ2) is 17.4. The molecule has 6 rings (SSSR count). The van der Waals surface area contributed by atoms with Crippen molar-refractivity contribution in [3.63, 3.8) is 0 Å². The van der Waals surface area contributed by atoms with Gasteiger partial charge in [0.15, 0.2) is 0 Å². The molecule has 16 heteroatoms. The van der Waals surface area contributed by atoms with Crippen molar-refractivity contribution in [1.82, 2.24) is 15.0 Å². The number of aromatic nitrogens is 3. The van der Waals surface area contributed by atoms with Gasteiger partial charge in [0.05, 0.1) is 33.8 Å². The van der Waals surface area contributed by atoms with Crippen LogP contribution in [-0.2, 0) is 38.6 Å². The van der Waals surface area contributed by atoms with Crippen LogP contribution in [0.3, 0.4) is 0 Å². The molecule has 1 radical (unpaired) electrons. The Hall–Kier alpha value is -5.08. The predicted octanol–water partition coefficient (Wildman–Crippen LogP) is 11.7. The van der Waals surface area contributed by atoms with Gasteiger partial charge in [0.2, 0.25) is 0 Å². The number of hydrogen-bond donors (Lipinski definition) is 0. The number of rotatable bonds is 3. The molecule has 3 aromatic heterocycles. The van der Waals surface area contributed by atoms with Crippen LogP contribution in [0, 0.1) is 17.5 Å². The number of alkyl halides is 9. The molecular formula is C36H21F12IrN3. The predicted molar refractivity (Wildman–Crippen MR) is 164 cm³/mol. The zero-order valence-electron chi connectivity index (χ0n) is 25.8. The van der Waals surface area contributed by atoms with Gasteiger partial charge in [-0.15, -0.1) is 0 Å². The molecule has 0 bridgehead atoms. The Morgan fingerprint density at radius 2 is 0.596 bits per heavy atom. The molecule has 52 heavy (non-hydrogen) atoms. The minimum atomic E-state index is -4.70. The normalized spacial score (nSPS) is 11.3. The molecular weight excluding hydrogens is 895 g/mol. The minimum absolute atomic E-state index is 0. The van der Waals surface area contributed by atoms with E-state index < -0.39 is 52.7 Å². The molecule has 0 saturated carbocycles. The molecule has 3 nitrogen and oxygen atoms in total. The summed E-state index contributed by atoms with van der Waals surface area (Å²) in [7, 11) is 0. The molecule has 0 aliphatic rings. The van der Waals surface area contributed by atoms with Gasteiger partial charge in [0.1, 0.15) is 17.5 Å². The van der Waals surface area contributed by atoms with Gasteiger partial charge in [-0.25, -0.2) is 13.2 Å². The third-order valence-electron chi connectivity index (χ3n) is 6.70. The van der Waals surface area contributed by atoms with E-state index in [1.165, 1.54) is 36.8 Å². The third kappa shape index (κ3) is 11.2. The molecule has 0 aliphatic heterocycles. The molecule has 3 aromatic carbocycles. The van der Waals surface area contributed by atoms with Crippen LogP contribution in [0.1, 0.15) is 16.7 Å². The number of nitrogens with zero attached hydrogens (tertiary/aromatic N) is 3. The van der Waals surface area contributed by atoms with E-state index in [0.29, 0.717) is 17.1 Å². The molecule has 6 aromatic rings. The standard InChI is InChI=1S/3C12H7F4N.Ir/c3*13-10-5-4-8(7-9(10)12(14,15)16)11-3-1-2-6-17-11;/h3*1-7H;. The van der Waals surface area contributed by atoms with Crippen LogP contribution < -0.4 is 0 Å². The van der Waals surface area contributed by atoms with Crippen LogP contribution in [0.4, 0.5) is 52.7 Å². The Labute approximate surface area is 301 Å². The maximum atomic E-state index is 13.0. The fourth-order valence-corrected chi connectivity index (χ4v) is 4.31. The molecule has 0 N–H and O–H groups in total. The quantitative estimate of drug-likeness (QED) is 0.166. The van der Waals surface area contributed by atoms with E-state index in [0.717, 1.165) is 36.4 Å². The van der Waals surface area contributed by atoms with E-state index in [9.17, 15) is 52.7 Å². The van der Waals surface area contributed by atoms with Gasteiger partial charge in [-0.2, -0.15) is 39.5 Å². The maximum absolute atomic E-state index is 13.0. The first-order chi connectivity index (χ1) is 23.9. The van der Waals surface area contributed by atoms with Crippen LogP contribution in [-0.4, -0.2) is 15.0 Å². The fraction of sp³-hybridized carbons (Fsp3) is 0.0833. The zero-order valence-corrected chi connectivity index (χ0v) is 28.2. The van der Waals surface area contributed by atoms with Gasteiger partial charge in [0, 0.05) is 55.4 Å². The SMILES string of the molecule is Fc1ccc(-c2ccccn2)cc1C(F)(F)F.Fc1ccc(-c2ccccn2)cc1C(F)(F)F.Fc1ccc(-c2ccccn2)cc1C(F)(F)F.[Ir]. The van der Waals surface area contributed by atoms with E-state index in [2.05, 4.69) is 15.0 Å². The van der Waals surface area contributed by atoms with E-state index >= 15 is 0 Å². The summed E-state index contributed by atoms with van der Waals surface area (Å²) in [5, 5.41) is 0. The topological polar surface area (TPSA) is 38.7 Å². The van der Waals surface area contributed by atoms with E-state index in [1.54, 1.807) is 54.6 Å². The summed E-state index contributed by atoms with van der Waals surface area (Å²) < 4.78 is 151. The largest absolute Gasteiger partial charge is 0.419 e.